The molecule has 1 aliphatic heterocycles. The smallest absolute Gasteiger partial charge is 0.241 e. The van der Waals surface area contributed by atoms with Gasteiger partial charge in [-0.05, 0) is 6.07 Å². The van der Waals surface area contributed by atoms with E-state index in [1.807, 2.05) is 4.90 Å². The van der Waals surface area contributed by atoms with Crippen molar-refractivity contribution < 1.29 is 9.18 Å². The molecule has 1 aromatic heterocycles. The van der Waals surface area contributed by atoms with Gasteiger partial charge >= 0.3 is 0 Å². The normalized spacial score (nSPS) is 16.2. The molecule has 3 rings (SSSR count). The summed E-state index contributed by atoms with van der Waals surface area (Å²) in [5, 5.41) is 6.55. The lowest BCUT2D eigenvalue weighted by Gasteiger charge is -2.34. The van der Waals surface area contributed by atoms with Crippen molar-refractivity contribution >= 4 is 17.8 Å². The van der Waals surface area contributed by atoms with Crippen LogP contribution < -0.4 is 16.4 Å². The van der Waals surface area contributed by atoms with Gasteiger partial charge in [-0.15, -0.1) is 5.10 Å². The maximum absolute atomic E-state index is 13.7. The van der Waals surface area contributed by atoms with Gasteiger partial charge in [0.1, 0.15) is 5.82 Å². The number of benzene rings is 1. The first kappa shape index (κ1) is 16.2. The Morgan fingerprint density at radius 2 is 2.00 bits per heavy atom. The van der Waals surface area contributed by atoms with E-state index < -0.39 is 6.04 Å². The molecule has 24 heavy (non-hydrogen) atoms. The first-order valence-electron chi connectivity index (χ1n) is 7.75. The van der Waals surface area contributed by atoms with Crippen LogP contribution in [-0.2, 0) is 4.79 Å². The number of H-pyrrole nitrogens is 1. The van der Waals surface area contributed by atoms with Crippen molar-refractivity contribution in [1.29, 1.82) is 0 Å². The van der Waals surface area contributed by atoms with Crippen LogP contribution >= 0.6 is 0 Å². The van der Waals surface area contributed by atoms with Crippen molar-refractivity contribution in [2.75, 3.05) is 36.8 Å². The van der Waals surface area contributed by atoms with Crippen molar-refractivity contribution in [3.8, 4) is 0 Å². The Labute approximate surface area is 138 Å². The first-order valence-corrected chi connectivity index (χ1v) is 7.75. The number of piperazine rings is 1. The molecule has 1 saturated heterocycles. The van der Waals surface area contributed by atoms with E-state index in [1.54, 1.807) is 23.1 Å². The third kappa shape index (κ3) is 3.46. The number of hydrogen-bond donors (Lipinski definition) is 3. The molecule has 8 nitrogen and oxygen atoms in total. The third-order valence-corrected chi connectivity index (χ3v) is 4.12. The van der Waals surface area contributed by atoms with Crippen LogP contribution in [0.5, 0.6) is 0 Å². The van der Waals surface area contributed by atoms with Gasteiger partial charge in [0, 0.05) is 44.2 Å². The second kappa shape index (κ2) is 6.83. The second-order valence-corrected chi connectivity index (χ2v) is 5.72. The molecule has 1 fully saturated rings. The summed E-state index contributed by atoms with van der Waals surface area (Å²) >= 11 is 0. The summed E-state index contributed by atoms with van der Waals surface area (Å²) in [6.45, 7) is 2.33. The van der Waals surface area contributed by atoms with Gasteiger partial charge in [-0.1, -0.05) is 18.2 Å². The van der Waals surface area contributed by atoms with Crippen molar-refractivity contribution in [1.82, 2.24) is 20.1 Å². The fourth-order valence-electron chi connectivity index (χ4n) is 2.78. The molecular weight excluding hydrogens is 313 g/mol. The number of nitrogens with zero attached hydrogens (tertiary/aromatic N) is 4. The lowest BCUT2D eigenvalue weighted by Crippen LogP contribution is -2.49. The molecule has 2 heterocycles. The third-order valence-electron chi connectivity index (χ3n) is 4.12. The van der Waals surface area contributed by atoms with E-state index in [1.165, 1.54) is 6.07 Å². The minimum Gasteiger partial charge on any atom is -0.366 e. The Kier molecular flexibility index (Phi) is 4.61. The van der Waals surface area contributed by atoms with Crippen molar-refractivity contribution in [3.63, 3.8) is 0 Å². The number of amides is 1. The highest BCUT2D eigenvalue weighted by Crippen LogP contribution is 2.19. The van der Waals surface area contributed by atoms with Crippen molar-refractivity contribution in [3.05, 3.63) is 35.6 Å². The Bertz CT molecular complexity index is 711. The fraction of sp³-hybridized carbons (Fsp3) is 0.400. The van der Waals surface area contributed by atoms with Crippen LogP contribution in [0.1, 0.15) is 18.0 Å². The molecule has 1 unspecified atom stereocenters. The Morgan fingerprint density at radius 1 is 1.29 bits per heavy atom. The number of halogens is 1. The summed E-state index contributed by atoms with van der Waals surface area (Å²) in [5.41, 5.74) is 11.8. The zero-order valence-electron chi connectivity index (χ0n) is 13.2. The average molecular weight is 333 g/mol. The van der Waals surface area contributed by atoms with Crippen LogP contribution in [0.25, 0.3) is 0 Å². The maximum atomic E-state index is 13.7. The van der Waals surface area contributed by atoms with Gasteiger partial charge in [-0.25, -0.2) is 9.49 Å². The largest absolute Gasteiger partial charge is 0.366 e. The van der Waals surface area contributed by atoms with Gasteiger partial charge in [0.05, 0.1) is 0 Å². The maximum Gasteiger partial charge on any atom is 0.241 e. The summed E-state index contributed by atoms with van der Waals surface area (Å²) in [6.07, 6.45) is 0.0796. The number of nitrogen functional groups attached to an aromatic ring is 1. The number of aromatic nitrogens is 3. The fourth-order valence-corrected chi connectivity index (χ4v) is 2.78. The van der Waals surface area contributed by atoms with Gasteiger partial charge in [0.2, 0.25) is 17.8 Å². The molecule has 2 aromatic rings. The zero-order chi connectivity index (χ0) is 17.1. The van der Waals surface area contributed by atoms with Crippen LogP contribution in [0, 0.1) is 5.82 Å². The minimum atomic E-state index is -0.647. The Hall–Kier alpha value is -2.68. The summed E-state index contributed by atoms with van der Waals surface area (Å²) in [7, 11) is 0. The highest BCUT2D eigenvalue weighted by Gasteiger charge is 2.25. The van der Waals surface area contributed by atoms with Crippen LogP contribution in [0.4, 0.5) is 16.3 Å². The summed E-state index contributed by atoms with van der Waals surface area (Å²) < 4.78 is 13.7. The minimum absolute atomic E-state index is 0.0796. The number of anilines is 2. The molecule has 0 spiro atoms. The van der Waals surface area contributed by atoms with Crippen molar-refractivity contribution in [2.24, 2.45) is 5.73 Å². The highest BCUT2D eigenvalue weighted by atomic mass is 19.1. The first-order chi connectivity index (χ1) is 11.5. The lowest BCUT2D eigenvalue weighted by atomic mass is 10.0. The molecule has 128 valence electrons. The molecule has 0 radical (unpaired) electrons. The molecule has 1 aromatic carbocycles. The van der Waals surface area contributed by atoms with E-state index in [2.05, 4.69) is 15.2 Å². The molecule has 5 N–H and O–H groups in total. The lowest BCUT2D eigenvalue weighted by molar-refractivity contribution is -0.131. The van der Waals surface area contributed by atoms with Crippen LogP contribution in [0.3, 0.4) is 0 Å². The number of aromatic amines is 1. The number of nitrogens with one attached hydrogen (secondary N) is 1. The van der Waals surface area contributed by atoms with Crippen LogP contribution in [0.2, 0.25) is 0 Å². The number of nitrogens with two attached hydrogens (primary N) is 2. The zero-order valence-corrected chi connectivity index (χ0v) is 13.2. The Balaban J connectivity index is 1.54. The van der Waals surface area contributed by atoms with Gasteiger partial charge in [-0.2, -0.15) is 4.98 Å². The molecule has 1 atom stereocenters. The summed E-state index contributed by atoms with van der Waals surface area (Å²) in [6, 6.07) is 5.62. The summed E-state index contributed by atoms with van der Waals surface area (Å²) in [4.78, 5) is 20.2. The van der Waals surface area contributed by atoms with Gasteiger partial charge in [0.15, 0.2) is 0 Å². The topological polar surface area (TPSA) is 117 Å². The molecule has 0 saturated carbocycles. The average Bonchev–Trinajstić information content (AvgIpc) is 3.02. The van der Waals surface area contributed by atoms with E-state index in [9.17, 15) is 9.18 Å². The molecule has 9 heteroatoms. The highest BCUT2D eigenvalue weighted by molar-refractivity contribution is 5.77. The molecule has 0 aliphatic carbocycles. The monoisotopic (exact) mass is 333 g/mol. The number of carbonyl (C=O) groups is 1. The van der Waals surface area contributed by atoms with Crippen LogP contribution in [0.15, 0.2) is 24.3 Å². The second-order valence-electron chi connectivity index (χ2n) is 5.72. The van der Waals surface area contributed by atoms with Gasteiger partial charge in [-0.3, -0.25) is 4.79 Å². The van der Waals surface area contributed by atoms with Crippen LogP contribution in [-0.4, -0.2) is 52.2 Å². The number of hydrogen-bond acceptors (Lipinski definition) is 6. The van der Waals surface area contributed by atoms with E-state index in [0.29, 0.717) is 37.7 Å². The number of carbonyl (C=O) groups excluding carboxylic acids is 1. The molecule has 1 aliphatic rings. The van der Waals surface area contributed by atoms with Gasteiger partial charge in [0.25, 0.3) is 0 Å². The molecular formula is C15H20FN7O. The van der Waals surface area contributed by atoms with Gasteiger partial charge < -0.3 is 21.3 Å². The predicted octanol–water partition coefficient (Wildman–Crippen LogP) is 0.265. The van der Waals surface area contributed by atoms with E-state index >= 15 is 0 Å². The van der Waals surface area contributed by atoms with E-state index in [0.717, 1.165) is 0 Å². The van der Waals surface area contributed by atoms with E-state index in [-0.39, 0.29) is 24.1 Å². The summed E-state index contributed by atoms with van der Waals surface area (Å²) in [5.74, 6) is 0.329. The SMILES string of the molecule is Nc1n[nH]c(N2CCN(C(=O)CC(N)c3ccccc3F)CC2)n1. The number of rotatable bonds is 4. The Morgan fingerprint density at radius 3 is 2.62 bits per heavy atom. The van der Waals surface area contributed by atoms with E-state index in [4.69, 9.17) is 11.5 Å². The molecule has 0 bridgehead atoms. The predicted molar refractivity (Wildman–Crippen MR) is 87.5 cm³/mol. The molecule has 1 amide bonds. The van der Waals surface area contributed by atoms with Crippen molar-refractivity contribution in [2.45, 2.75) is 12.5 Å². The quantitative estimate of drug-likeness (QED) is 0.739. The standard InChI is InChI=1S/C15H20FN7O/c16-11-4-2-1-3-10(11)12(17)9-13(24)22-5-7-23(8-6-22)15-19-14(18)20-21-15/h1-4,12H,5-9,17H2,(H3,18,19,20,21).